The van der Waals surface area contributed by atoms with Crippen LogP contribution in [0.25, 0.3) is 10.2 Å². The number of fused-ring (bicyclic) bond motifs is 1. The number of halogens is 1. The topological polar surface area (TPSA) is 51.7 Å². The molecule has 0 N–H and O–H groups in total. The van der Waals surface area contributed by atoms with Crippen LogP contribution in [-0.4, -0.2) is 47.8 Å². The Bertz CT molecular complexity index is 985. The van der Waals surface area contributed by atoms with Crippen molar-refractivity contribution in [2.45, 2.75) is 23.8 Å². The van der Waals surface area contributed by atoms with Crippen molar-refractivity contribution in [3.05, 3.63) is 47.5 Å². The van der Waals surface area contributed by atoms with E-state index in [1.165, 1.54) is 11.8 Å². The van der Waals surface area contributed by atoms with Crippen molar-refractivity contribution in [1.29, 1.82) is 0 Å². The van der Waals surface area contributed by atoms with Gasteiger partial charge in [0.15, 0.2) is 0 Å². The second-order valence-electron chi connectivity index (χ2n) is 6.75. The van der Waals surface area contributed by atoms with Crippen LogP contribution >= 0.6 is 34.7 Å². The number of hydrogen-bond acceptors (Lipinski definition) is 6. The number of methoxy groups -OCH3 is 1. The van der Waals surface area contributed by atoms with E-state index in [1.807, 2.05) is 47.4 Å². The van der Waals surface area contributed by atoms with Gasteiger partial charge in [-0.05, 0) is 36.4 Å². The highest BCUT2D eigenvalue weighted by molar-refractivity contribution is 8.00. The molecule has 0 spiro atoms. The Morgan fingerprint density at radius 1 is 1.24 bits per heavy atom. The number of thioether (sulfide) groups is 1. The number of likely N-dealkylation sites (tertiary alicyclic amines) is 1. The molecule has 29 heavy (non-hydrogen) atoms. The molecule has 1 aliphatic heterocycles. The van der Waals surface area contributed by atoms with E-state index in [9.17, 15) is 4.79 Å². The van der Waals surface area contributed by atoms with Crippen LogP contribution in [0.3, 0.4) is 0 Å². The minimum absolute atomic E-state index is 0.0884. The summed E-state index contributed by atoms with van der Waals surface area (Å²) in [5.74, 6) is 1.39. The monoisotopic (exact) mass is 448 g/mol. The van der Waals surface area contributed by atoms with Crippen molar-refractivity contribution >= 4 is 50.8 Å². The van der Waals surface area contributed by atoms with Gasteiger partial charge < -0.3 is 14.4 Å². The van der Waals surface area contributed by atoms with Crippen molar-refractivity contribution in [3.63, 3.8) is 0 Å². The molecule has 1 saturated heterocycles. The lowest BCUT2D eigenvalue weighted by molar-refractivity contribution is -0.130. The molecule has 152 valence electrons. The predicted molar refractivity (Wildman–Crippen MR) is 119 cm³/mol. The van der Waals surface area contributed by atoms with E-state index < -0.39 is 0 Å². The molecule has 3 aromatic rings. The Morgan fingerprint density at radius 3 is 2.72 bits per heavy atom. The first-order valence-corrected chi connectivity index (χ1v) is 11.6. The van der Waals surface area contributed by atoms with Crippen LogP contribution in [0.4, 0.5) is 0 Å². The zero-order valence-corrected chi connectivity index (χ0v) is 18.4. The van der Waals surface area contributed by atoms with Crippen molar-refractivity contribution in [1.82, 2.24) is 9.88 Å². The quantitative estimate of drug-likeness (QED) is 0.490. The Hall–Kier alpha value is -1.96. The molecule has 0 atom stereocenters. The summed E-state index contributed by atoms with van der Waals surface area (Å²) in [5, 5.41) is 1.38. The lowest BCUT2D eigenvalue weighted by Gasteiger charge is -2.31. The largest absolute Gasteiger partial charge is 0.497 e. The van der Waals surface area contributed by atoms with Gasteiger partial charge in [0.2, 0.25) is 5.91 Å². The maximum absolute atomic E-state index is 12.5. The van der Waals surface area contributed by atoms with Gasteiger partial charge in [0.25, 0.3) is 5.19 Å². The fourth-order valence-corrected chi connectivity index (χ4v) is 4.99. The first-order valence-electron chi connectivity index (χ1n) is 9.38. The molecular formula is C21H21ClN2O3S2. The number of amides is 1. The van der Waals surface area contributed by atoms with Crippen molar-refractivity contribution in [3.8, 4) is 10.9 Å². The molecule has 0 radical (unpaired) electrons. The number of piperidine rings is 1. The molecule has 0 bridgehead atoms. The molecule has 2 aromatic carbocycles. The minimum atomic E-state index is 0.0884. The number of carbonyl (C=O) groups is 1. The summed E-state index contributed by atoms with van der Waals surface area (Å²) < 4.78 is 12.4. The first-order chi connectivity index (χ1) is 14.1. The van der Waals surface area contributed by atoms with Gasteiger partial charge in [0.05, 0.1) is 23.1 Å². The van der Waals surface area contributed by atoms with Crippen LogP contribution in [0.2, 0.25) is 5.02 Å². The van der Waals surface area contributed by atoms with Gasteiger partial charge in [0, 0.05) is 41.9 Å². The fourth-order valence-electron chi connectivity index (χ4n) is 3.20. The summed E-state index contributed by atoms with van der Waals surface area (Å²) in [6.07, 6.45) is 1.72. The third kappa shape index (κ3) is 5.15. The number of nitrogens with zero attached hydrogens (tertiary/aromatic N) is 2. The summed E-state index contributed by atoms with van der Waals surface area (Å²) in [6.45, 7) is 1.42. The van der Waals surface area contributed by atoms with Crippen molar-refractivity contribution in [2.24, 2.45) is 0 Å². The van der Waals surface area contributed by atoms with Crippen molar-refractivity contribution < 1.29 is 14.3 Å². The Kier molecular flexibility index (Phi) is 6.47. The second-order valence-corrected chi connectivity index (χ2v) is 9.23. The SMILES string of the molecule is COc1ccc2sc(OC3CCN(C(=O)CSc4ccc(Cl)cc4)CC3)nc2c1. The highest BCUT2D eigenvalue weighted by Gasteiger charge is 2.24. The molecular weight excluding hydrogens is 428 g/mol. The number of aromatic nitrogens is 1. The van der Waals surface area contributed by atoms with Gasteiger partial charge in [-0.15, -0.1) is 11.8 Å². The fraction of sp³-hybridized carbons (Fsp3) is 0.333. The molecule has 1 aromatic heterocycles. The van der Waals surface area contributed by atoms with Gasteiger partial charge in [-0.25, -0.2) is 4.98 Å². The van der Waals surface area contributed by atoms with Crippen molar-refractivity contribution in [2.75, 3.05) is 26.0 Å². The molecule has 4 rings (SSSR count). The van der Waals surface area contributed by atoms with E-state index in [0.717, 1.165) is 33.7 Å². The predicted octanol–water partition coefficient (Wildman–Crippen LogP) is 5.12. The molecule has 2 heterocycles. The highest BCUT2D eigenvalue weighted by atomic mass is 35.5. The Balaban J connectivity index is 1.26. The normalized spacial score (nSPS) is 14.9. The molecule has 0 saturated carbocycles. The standard InChI is InChI=1S/C21H21ClN2O3S2/c1-26-16-4-7-19-18(12-16)23-21(29-19)27-15-8-10-24(11-9-15)20(25)13-28-17-5-2-14(22)3-6-17/h2-7,12,15H,8-11,13H2,1H3. The van der Waals surface area contributed by atoms with Crippen LogP contribution in [0, 0.1) is 0 Å². The van der Waals surface area contributed by atoms with Gasteiger partial charge in [-0.2, -0.15) is 0 Å². The lowest BCUT2D eigenvalue weighted by Crippen LogP contribution is -2.42. The van der Waals surface area contributed by atoms with E-state index in [0.29, 0.717) is 29.1 Å². The van der Waals surface area contributed by atoms with Crippen LogP contribution < -0.4 is 9.47 Å². The average Bonchev–Trinajstić information content (AvgIpc) is 3.15. The zero-order chi connectivity index (χ0) is 20.2. The van der Waals surface area contributed by atoms with Gasteiger partial charge in [0.1, 0.15) is 11.9 Å². The summed E-state index contributed by atoms with van der Waals surface area (Å²) >= 11 is 8.98. The van der Waals surface area contributed by atoms with Gasteiger partial charge in [-0.1, -0.05) is 22.9 Å². The summed E-state index contributed by atoms with van der Waals surface area (Å²) in [6, 6.07) is 13.4. The number of carbonyl (C=O) groups excluding carboxylic acids is 1. The lowest BCUT2D eigenvalue weighted by atomic mass is 10.1. The number of rotatable bonds is 6. The average molecular weight is 449 g/mol. The van der Waals surface area contributed by atoms with Crippen LogP contribution in [0.15, 0.2) is 47.4 Å². The number of ether oxygens (including phenoxy) is 2. The van der Waals surface area contributed by atoms with E-state index >= 15 is 0 Å². The Labute approximate surface area is 183 Å². The van der Waals surface area contributed by atoms with Gasteiger partial charge >= 0.3 is 0 Å². The highest BCUT2D eigenvalue weighted by Crippen LogP contribution is 2.32. The summed E-state index contributed by atoms with van der Waals surface area (Å²) in [4.78, 5) is 20.0. The third-order valence-corrected chi connectivity index (χ3v) is 6.99. The van der Waals surface area contributed by atoms with Crippen LogP contribution in [0.1, 0.15) is 12.8 Å². The molecule has 1 amide bonds. The van der Waals surface area contributed by atoms with E-state index in [-0.39, 0.29) is 12.0 Å². The van der Waals surface area contributed by atoms with E-state index in [1.54, 1.807) is 18.4 Å². The first kappa shape index (κ1) is 20.3. The minimum Gasteiger partial charge on any atom is -0.497 e. The summed E-state index contributed by atoms with van der Waals surface area (Å²) in [5.41, 5.74) is 0.885. The van der Waals surface area contributed by atoms with E-state index in [4.69, 9.17) is 21.1 Å². The molecule has 0 aliphatic carbocycles. The van der Waals surface area contributed by atoms with Crippen LogP contribution in [-0.2, 0) is 4.79 Å². The zero-order valence-electron chi connectivity index (χ0n) is 16.0. The third-order valence-electron chi connectivity index (χ3n) is 4.81. The molecule has 1 fully saturated rings. The van der Waals surface area contributed by atoms with Gasteiger partial charge in [-0.3, -0.25) is 4.79 Å². The van der Waals surface area contributed by atoms with Crippen LogP contribution in [0.5, 0.6) is 10.9 Å². The number of hydrogen-bond donors (Lipinski definition) is 0. The molecule has 5 nitrogen and oxygen atoms in total. The van der Waals surface area contributed by atoms with E-state index in [2.05, 4.69) is 4.98 Å². The number of benzene rings is 2. The maximum Gasteiger partial charge on any atom is 0.274 e. The molecule has 1 aliphatic rings. The maximum atomic E-state index is 12.5. The molecule has 0 unspecified atom stereocenters. The Morgan fingerprint density at radius 2 is 2.00 bits per heavy atom. The smallest absolute Gasteiger partial charge is 0.274 e. The molecule has 8 heteroatoms. The number of thiazole rings is 1. The second kappa shape index (κ2) is 9.24. The summed E-state index contributed by atoms with van der Waals surface area (Å²) in [7, 11) is 1.65.